The Morgan fingerprint density at radius 1 is 1.33 bits per heavy atom. The lowest BCUT2D eigenvalue weighted by molar-refractivity contribution is -0.140. The monoisotopic (exact) mass is 190 g/mol. The van der Waals surface area contributed by atoms with Crippen LogP contribution in [0.25, 0.3) is 0 Å². The first-order chi connectivity index (χ1) is 5.81. The largest absolute Gasteiger partial charge is 0.465 e. The lowest BCUT2D eigenvalue weighted by atomic mass is 10.4. The topological polar surface area (TPSA) is 26.3 Å². The van der Waals surface area contributed by atoms with Gasteiger partial charge in [0.2, 0.25) is 0 Å². The minimum Gasteiger partial charge on any atom is -0.465 e. The summed E-state index contributed by atoms with van der Waals surface area (Å²) in [5.74, 6) is 1.49. The van der Waals surface area contributed by atoms with E-state index in [1.807, 2.05) is 0 Å². The molecule has 0 aliphatic heterocycles. The van der Waals surface area contributed by atoms with Crippen LogP contribution in [0.1, 0.15) is 33.1 Å². The summed E-state index contributed by atoms with van der Waals surface area (Å²) in [7, 11) is 0. The molecule has 3 heteroatoms. The van der Waals surface area contributed by atoms with E-state index in [1.54, 1.807) is 11.8 Å². The normalized spacial score (nSPS) is 9.83. The summed E-state index contributed by atoms with van der Waals surface area (Å²) < 4.78 is 4.97. The number of carbonyl (C=O) groups excluding carboxylic acids is 1. The number of rotatable bonds is 7. The third-order valence-electron chi connectivity index (χ3n) is 1.33. The van der Waals surface area contributed by atoms with Gasteiger partial charge in [-0.1, -0.05) is 20.3 Å². The van der Waals surface area contributed by atoms with Gasteiger partial charge in [-0.3, -0.25) is 4.79 Å². The van der Waals surface area contributed by atoms with E-state index in [1.165, 1.54) is 0 Å². The molecule has 0 spiro atoms. The third-order valence-corrected chi connectivity index (χ3v) is 2.47. The Labute approximate surface area is 79.1 Å². The van der Waals surface area contributed by atoms with E-state index in [9.17, 15) is 4.79 Å². The molecular weight excluding hydrogens is 172 g/mol. The van der Waals surface area contributed by atoms with Gasteiger partial charge >= 0.3 is 5.97 Å². The quantitative estimate of drug-likeness (QED) is 0.455. The molecule has 0 atom stereocenters. The summed E-state index contributed by atoms with van der Waals surface area (Å²) in [6.07, 6.45) is 3.17. The highest BCUT2D eigenvalue weighted by molar-refractivity contribution is 7.99. The zero-order chi connectivity index (χ0) is 9.23. The Balaban J connectivity index is 3.10. The van der Waals surface area contributed by atoms with Crippen LogP contribution in [0.15, 0.2) is 0 Å². The Kier molecular flexibility index (Phi) is 8.78. The lowest BCUT2D eigenvalue weighted by Gasteiger charge is -2.02. The van der Waals surface area contributed by atoms with Crippen molar-refractivity contribution in [3.8, 4) is 0 Å². The van der Waals surface area contributed by atoms with Gasteiger partial charge in [0.25, 0.3) is 0 Å². The molecule has 72 valence electrons. The maximum Gasteiger partial charge on any atom is 0.315 e. The predicted octanol–water partition coefficient (Wildman–Crippen LogP) is 2.47. The first kappa shape index (κ1) is 11.8. The van der Waals surface area contributed by atoms with Crippen molar-refractivity contribution < 1.29 is 9.53 Å². The van der Waals surface area contributed by atoms with Gasteiger partial charge in [0.1, 0.15) is 0 Å². The Morgan fingerprint density at radius 2 is 2.08 bits per heavy atom. The second-order valence-electron chi connectivity index (χ2n) is 2.63. The maximum atomic E-state index is 10.9. The van der Waals surface area contributed by atoms with Gasteiger partial charge in [-0.2, -0.15) is 11.8 Å². The molecule has 0 aromatic rings. The third kappa shape index (κ3) is 7.92. The summed E-state index contributed by atoms with van der Waals surface area (Å²) in [5.41, 5.74) is 0. The molecule has 0 aliphatic rings. The van der Waals surface area contributed by atoms with E-state index in [2.05, 4.69) is 13.8 Å². The average Bonchev–Trinajstić information content (AvgIpc) is 2.06. The van der Waals surface area contributed by atoms with E-state index < -0.39 is 0 Å². The van der Waals surface area contributed by atoms with Crippen LogP contribution in [0.5, 0.6) is 0 Å². The molecule has 0 N–H and O–H groups in total. The standard InChI is InChI=1S/C9H18O2S/c1-3-5-6-11-9(10)8-12-7-4-2/h3-8H2,1-2H3. The van der Waals surface area contributed by atoms with Crippen LogP contribution < -0.4 is 0 Å². The van der Waals surface area contributed by atoms with E-state index in [-0.39, 0.29) is 5.97 Å². The molecule has 0 saturated heterocycles. The average molecular weight is 190 g/mol. The molecule has 0 aliphatic carbocycles. The van der Waals surface area contributed by atoms with Crippen LogP contribution in [0.3, 0.4) is 0 Å². The fraction of sp³-hybridized carbons (Fsp3) is 0.889. The van der Waals surface area contributed by atoms with Crippen molar-refractivity contribution in [3.63, 3.8) is 0 Å². The van der Waals surface area contributed by atoms with E-state index >= 15 is 0 Å². The van der Waals surface area contributed by atoms with Crippen molar-refractivity contribution in [1.82, 2.24) is 0 Å². The summed E-state index contributed by atoms with van der Waals surface area (Å²) in [6, 6.07) is 0. The summed E-state index contributed by atoms with van der Waals surface area (Å²) >= 11 is 1.64. The molecule has 12 heavy (non-hydrogen) atoms. The Hall–Kier alpha value is -0.180. The van der Waals surface area contributed by atoms with Crippen LogP contribution in [0.2, 0.25) is 0 Å². The second kappa shape index (κ2) is 8.91. The Morgan fingerprint density at radius 3 is 2.67 bits per heavy atom. The minimum absolute atomic E-state index is 0.0677. The van der Waals surface area contributed by atoms with Gasteiger partial charge in [-0.15, -0.1) is 0 Å². The molecule has 0 radical (unpaired) electrons. The zero-order valence-corrected chi connectivity index (χ0v) is 8.78. The summed E-state index contributed by atoms with van der Waals surface area (Å²) in [4.78, 5) is 10.9. The number of hydrogen-bond acceptors (Lipinski definition) is 3. The summed E-state index contributed by atoms with van der Waals surface area (Å²) in [5, 5.41) is 0. The zero-order valence-electron chi connectivity index (χ0n) is 7.97. The number of hydrogen-bond donors (Lipinski definition) is 0. The molecule has 0 heterocycles. The highest BCUT2D eigenvalue weighted by Gasteiger charge is 2.00. The maximum absolute atomic E-state index is 10.9. The van der Waals surface area contributed by atoms with E-state index in [0.29, 0.717) is 12.4 Å². The van der Waals surface area contributed by atoms with Crippen molar-refractivity contribution in [3.05, 3.63) is 0 Å². The van der Waals surface area contributed by atoms with Crippen molar-refractivity contribution in [2.75, 3.05) is 18.1 Å². The number of thioether (sulfide) groups is 1. The van der Waals surface area contributed by atoms with Crippen LogP contribution in [0.4, 0.5) is 0 Å². The van der Waals surface area contributed by atoms with Gasteiger partial charge < -0.3 is 4.74 Å². The van der Waals surface area contributed by atoms with Crippen LogP contribution in [0, 0.1) is 0 Å². The number of unbranched alkanes of at least 4 members (excludes halogenated alkanes) is 1. The van der Waals surface area contributed by atoms with Gasteiger partial charge in [0.05, 0.1) is 12.4 Å². The fourth-order valence-corrected chi connectivity index (χ4v) is 1.35. The minimum atomic E-state index is -0.0677. The van der Waals surface area contributed by atoms with Crippen LogP contribution in [-0.4, -0.2) is 24.1 Å². The summed E-state index contributed by atoms with van der Waals surface area (Å²) in [6.45, 7) is 4.77. The second-order valence-corrected chi connectivity index (χ2v) is 3.73. The first-order valence-electron chi connectivity index (χ1n) is 4.54. The highest BCUT2D eigenvalue weighted by atomic mass is 32.2. The van der Waals surface area contributed by atoms with Crippen LogP contribution >= 0.6 is 11.8 Å². The van der Waals surface area contributed by atoms with Crippen molar-refractivity contribution in [1.29, 1.82) is 0 Å². The molecule has 2 nitrogen and oxygen atoms in total. The van der Waals surface area contributed by atoms with E-state index in [4.69, 9.17) is 4.74 Å². The van der Waals surface area contributed by atoms with Gasteiger partial charge in [-0.25, -0.2) is 0 Å². The first-order valence-corrected chi connectivity index (χ1v) is 5.70. The SMILES string of the molecule is CCCCOC(=O)CSCCC. The van der Waals surface area contributed by atoms with Crippen molar-refractivity contribution in [2.45, 2.75) is 33.1 Å². The molecule has 0 saturated carbocycles. The lowest BCUT2D eigenvalue weighted by Crippen LogP contribution is -2.08. The van der Waals surface area contributed by atoms with Crippen molar-refractivity contribution in [2.24, 2.45) is 0 Å². The molecule has 0 rings (SSSR count). The fourth-order valence-electron chi connectivity index (χ4n) is 0.672. The predicted molar refractivity (Wildman–Crippen MR) is 53.5 cm³/mol. The van der Waals surface area contributed by atoms with Gasteiger partial charge in [0, 0.05) is 0 Å². The number of ether oxygens (including phenoxy) is 1. The van der Waals surface area contributed by atoms with Crippen molar-refractivity contribution >= 4 is 17.7 Å². The molecule has 0 fully saturated rings. The van der Waals surface area contributed by atoms with E-state index in [0.717, 1.165) is 25.0 Å². The number of esters is 1. The molecule has 0 unspecified atom stereocenters. The molecule has 0 aromatic heterocycles. The molecule has 0 amide bonds. The number of carbonyl (C=O) groups is 1. The Bertz CT molecular complexity index is 103. The van der Waals surface area contributed by atoms with Crippen LogP contribution in [-0.2, 0) is 9.53 Å². The molecule has 0 aromatic carbocycles. The van der Waals surface area contributed by atoms with Gasteiger partial charge in [0.15, 0.2) is 0 Å². The van der Waals surface area contributed by atoms with Gasteiger partial charge in [-0.05, 0) is 18.6 Å². The molecular formula is C9H18O2S. The smallest absolute Gasteiger partial charge is 0.315 e. The molecule has 0 bridgehead atoms. The highest BCUT2D eigenvalue weighted by Crippen LogP contribution is 2.02.